The second kappa shape index (κ2) is 4.47. The van der Waals surface area contributed by atoms with E-state index in [2.05, 4.69) is 15.3 Å². The lowest BCUT2D eigenvalue weighted by Gasteiger charge is -2.29. The van der Waals surface area contributed by atoms with Gasteiger partial charge in [-0.2, -0.15) is 0 Å². The van der Waals surface area contributed by atoms with Gasteiger partial charge in [-0.3, -0.25) is 15.1 Å². The summed E-state index contributed by atoms with van der Waals surface area (Å²) in [6, 6.07) is 3.00. The molecule has 0 fully saturated rings. The number of carboxylic acids is 1. The van der Waals surface area contributed by atoms with Gasteiger partial charge in [-0.1, -0.05) is 0 Å². The van der Waals surface area contributed by atoms with Crippen molar-refractivity contribution in [3.05, 3.63) is 47.8 Å². The summed E-state index contributed by atoms with van der Waals surface area (Å²) in [4.78, 5) is 19.5. The summed E-state index contributed by atoms with van der Waals surface area (Å²) in [6.45, 7) is 0. The summed E-state index contributed by atoms with van der Waals surface area (Å²) in [5, 5.41) is 12.4. The molecular weight excluding hydrogens is 244 g/mol. The Hall–Kier alpha value is -2.21. The SMILES string of the molecule is Cn1cnc2c1C(c1ccncc1)NC(C(=O)O)C2. The Labute approximate surface area is 110 Å². The highest BCUT2D eigenvalue weighted by atomic mass is 16.4. The van der Waals surface area contributed by atoms with Crippen LogP contribution in [0.4, 0.5) is 0 Å². The molecule has 2 N–H and O–H groups in total. The van der Waals surface area contributed by atoms with Crippen LogP contribution in [0.2, 0.25) is 0 Å². The van der Waals surface area contributed by atoms with Crippen molar-refractivity contribution in [2.45, 2.75) is 18.5 Å². The van der Waals surface area contributed by atoms with Gasteiger partial charge in [-0.15, -0.1) is 0 Å². The summed E-state index contributed by atoms with van der Waals surface area (Å²) in [5.74, 6) is -0.852. The van der Waals surface area contributed by atoms with E-state index >= 15 is 0 Å². The van der Waals surface area contributed by atoms with Gasteiger partial charge in [-0.05, 0) is 17.7 Å². The van der Waals surface area contributed by atoms with Crippen molar-refractivity contribution in [3.8, 4) is 0 Å². The van der Waals surface area contributed by atoms with Gasteiger partial charge in [0.25, 0.3) is 0 Å². The van der Waals surface area contributed by atoms with Crippen LogP contribution in [0, 0.1) is 0 Å². The predicted molar refractivity (Wildman–Crippen MR) is 67.6 cm³/mol. The van der Waals surface area contributed by atoms with E-state index in [0.29, 0.717) is 6.42 Å². The van der Waals surface area contributed by atoms with Crippen molar-refractivity contribution in [2.24, 2.45) is 7.05 Å². The number of rotatable bonds is 2. The molecule has 98 valence electrons. The average Bonchev–Trinajstić information content (AvgIpc) is 2.80. The van der Waals surface area contributed by atoms with Gasteiger partial charge in [0.15, 0.2) is 0 Å². The third-order valence-corrected chi connectivity index (χ3v) is 3.44. The molecule has 0 bridgehead atoms. The summed E-state index contributed by atoms with van der Waals surface area (Å²) in [6.07, 6.45) is 5.55. The second-order valence-corrected chi connectivity index (χ2v) is 4.66. The third-order valence-electron chi connectivity index (χ3n) is 3.44. The Morgan fingerprint density at radius 1 is 1.47 bits per heavy atom. The Morgan fingerprint density at radius 2 is 2.21 bits per heavy atom. The minimum atomic E-state index is -0.852. The van der Waals surface area contributed by atoms with Crippen LogP contribution in [-0.4, -0.2) is 31.7 Å². The number of aromatic nitrogens is 3. The van der Waals surface area contributed by atoms with Crippen LogP contribution >= 0.6 is 0 Å². The van der Waals surface area contributed by atoms with Crippen LogP contribution < -0.4 is 5.32 Å². The van der Waals surface area contributed by atoms with E-state index in [1.807, 2.05) is 23.7 Å². The largest absolute Gasteiger partial charge is 0.480 e. The molecule has 1 aliphatic rings. The molecule has 2 aromatic heterocycles. The third kappa shape index (κ3) is 2.00. The lowest BCUT2D eigenvalue weighted by Crippen LogP contribution is -2.45. The number of carboxylic acid groups (broad SMARTS) is 1. The van der Waals surface area contributed by atoms with Crippen LogP contribution in [0.5, 0.6) is 0 Å². The fourth-order valence-electron chi connectivity index (χ4n) is 2.52. The summed E-state index contributed by atoms with van der Waals surface area (Å²) in [5.41, 5.74) is 2.85. The number of aryl methyl sites for hydroxylation is 1. The summed E-state index contributed by atoms with van der Waals surface area (Å²) >= 11 is 0. The summed E-state index contributed by atoms with van der Waals surface area (Å²) in [7, 11) is 1.92. The van der Waals surface area contributed by atoms with E-state index in [-0.39, 0.29) is 6.04 Å². The minimum absolute atomic E-state index is 0.166. The van der Waals surface area contributed by atoms with Gasteiger partial charge in [0.05, 0.1) is 23.8 Å². The van der Waals surface area contributed by atoms with Crippen LogP contribution in [0.3, 0.4) is 0 Å². The molecule has 0 amide bonds. The minimum Gasteiger partial charge on any atom is -0.480 e. The van der Waals surface area contributed by atoms with Crippen LogP contribution in [0.15, 0.2) is 30.9 Å². The zero-order chi connectivity index (χ0) is 13.4. The topological polar surface area (TPSA) is 80.0 Å². The molecule has 0 spiro atoms. The molecule has 6 heteroatoms. The molecule has 1 aliphatic heterocycles. The second-order valence-electron chi connectivity index (χ2n) is 4.66. The van der Waals surface area contributed by atoms with Crippen molar-refractivity contribution in [3.63, 3.8) is 0 Å². The van der Waals surface area contributed by atoms with Crippen molar-refractivity contribution in [1.82, 2.24) is 19.9 Å². The first-order valence-corrected chi connectivity index (χ1v) is 6.05. The van der Waals surface area contributed by atoms with Crippen molar-refractivity contribution >= 4 is 5.97 Å². The van der Waals surface area contributed by atoms with E-state index in [4.69, 9.17) is 0 Å². The number of hydrogen-bond donors (Lipinski definition) is 2. The fraction of sp³-hybridized carbons (Fsp3) is 0.308. The molecule has 2 aromatic rings. The van der Waals surface area contributed by atoms with Gasteiger partial charge in [0.2, 0.25) is 0 Å². The Balaban J connectivity index is 2.07. The number of nitrogens with one attached hydrogen (secondary N) is 1. The smallest absolute Gasteiger partial charge is 0.321 e. The number of imidazole rings is 1. The van der Waals surface area contributed by atoms with E-state index in [1.165, 1.54) is 0 Å². The molecule has 2 unspecified atom stereocenters. The number of carbonyl (C=O) groups is 1. The Morgan fingerprint density at radius 3 is 2.89 bits per heavy atom. The molecule has 0 aromatic carbocycles. The number of hydrogen-bond acceptors (Lipinski definition) is 4. The molecule has 6 nitrogen and oxygen atoms in total. The Bertz CT molecular complexity index is 608. The Kier molecular flexibility index (Phi) is 2.79. The number of pyridine rings is 1. The summed E-state index contributed by atoms with van der Waals surface area (Å²) < 4.78 is 1.94. The van der Waals surface area contributed by atoms with Crippen LogP contribution in [0.25, 0.3) is 0 Å². The van der Waals surface area contributed by atoms with Gasteiger partial charge >= 0.3 is 5.97 Å². The highest BCUT2D eigenvalue weighted by Gasteiger charge is 2.33. The normalized spacial score (nSPS) is 21.9. The number of nitrogens with zero attached hydrogens (tertiary/aromatic N) is 3. The zero-order valence-electron chi connectivity index (χ0n) is 10.4. The van der Waals surface area contributed by atoms with Crippen molar-refractivity contribution in [2.75, 3.05) is 0 Å². The fourth-order valence-corrected chi connectivity index (χ4v) is 2.52. The zero-order valence-corrected chi connectivity index (χ0v) is 10.4. The molecule has 3 heterocycles. The maximum absolute atomic E-state index is 11.2. The molecule has 0 aliphatic carbocycles. The van der Waals surface area contributed by atoms with E-state index in [9.17, 15) is 9.90 Å². The van der Waals surface area contributed by atoms with E-state index in [1.54, 1.807) is 18.7 Å². The molecule has 0 saturated carbocycles. The maximum atomic E-state index is 11.2. The highest BCUT2D eigenvalue weighted by Crippen LogP contribution is 2.29. The van der Waals surface area contributed by atoms with E-state index < -0.39 is 12.0 Å². The van der Waals surface area contributed by atoms with Crippen LogP contribution in [-0.2, 0) is 18.3 Å². The molecule has 0 radical (unpaired) electrons. The lowest BCUT2D eigenvalue weighted by molar-refractivity contribution is -0.139. The first kappa shape index (κ1) is 11.9. The average molecular weight is 258 g/mol. The highest BCUT2D eigenvalue weighted by molar-refractivity contribution is 5.74. The first-order chi connectivity index (χ1) is 9.16. The van der Waals surface area contributed by atoms with Gasteiger partial charge in [0, 0.05) is 25.9 Å². The van der Waals surface area contributed by atoms with Gasteiger partial charge in [0.1, 0.15) is 6.04 Å². The molecular formula is C13H14N4O2. The van der Waals surface area contributed by atoms with Crippen molar-refractivity contribution in [1.29, 1.82) is 0 Å². The van der Waals surface area contributed by atoms with Crippen molar-refractivity contribution < 1.29 is 9.90 Å². The molecule has 19 heavy (non-hydrogen) atoms. The lowest BCUT2D eigenvalue weighted by atomic mass is 9.94. The molecule has 0 saturated heterocycles. The monoisotopic (exact) mass is 258 g/mol. The first-order valence-electron chi connectivity index (χ1n) is 6.05. The van der Waals surface area contributed by atoms with Gasteiger partial charge in [-0.25, -0.2) is 4.98 Å². The van der Waals surface area contributed by atoms with Gasteiger partial charge < -0.3 is 9.67 Å². The predicted octanol–water partition coefficient (Wildman–Crippen LogP) is 0.503. The quantitative estimate of drug-likeness (QED) is 0.820. The maximum Gasteiger partial charge on any atom is 0.321 e. The number of aliphatic carboxylic acids is 1. The molecule has 2 atom stereocenters. The number of fused-ring (bicyclic) bond motifs is 1. The van der Waals surface area contributed by atoms with E-state index in [0.717, 1.165) is 17.0 Å². The van der Waals surface area contributed by atoms with Crippen LogP contribution in [0.1, 0.15) is 23.0 Å². The molecule has 3 rings (SSSR count). The standard InChI is InChI=1S/C13H14N4O2/c1-17-7-15-9-6-10(13(18)19)16-11(12(9)17)8-2-4-14-5-3-8/h2-5,7,10-11,16H,6H2,1H3,(H,18,19).